The first-order valence-corrected chi connectivity index (χ1v) is 15.8. The van der Waals surface area contributed by atoms with E-state index in [4.69, 9.17) is 19.3 Å². The van der Waals surface area contributed by atoms with Gasteiger partial charge < -0.3 is 29.1 Å². The smallest absolute Gasteiger partial charge is 0.350 e. The van der Waals surface area contributed by atoms with Crippen molar-refractivity contribution in [1.82, 2.24) is 9.97 Å². The highest BCUT2D eigenvalue weighted by Gasteiger charge is 2.16. The number of nitrogens with one attached hydrogen (secondary N) is 1. The maximum absolute atomic E-state index is 14.2. The number of anilines is 1. The number of aromatic amines is 1. The molecular formula is C26H49FN3O6P. The molecule has 0 saturated carbocycles. The van der Waals surface area contributed by atoms with Crippen molar-refractivity contribution in [2.24, 2.45) is 0 Å². The lowest BCUT2D eigenvalue weighted by Crippen LogP contribution is -2.33. The highest BCUT2D eigenvalue weighted by atomic mass is 31.2. The summed E-state index contributed by atoms with van der Waals surface area (Å²) in [5, 5.41) is 0. The molecule has 9 nitrogen and oxygen atoms in total. The number of H-pyrrole nitrogens is 1. The van der Waals surface area contributed by atoms with Crippen LogP contribution >= 0.6 is 7.60 Å². The Balaban J connectivity index is 2.09. The Labute approximate surface area is 221 Å². The van der Waals surface area contributed by atoms with Crippen molar-refractivity contribution in [3.05, 3.63) is 22.5 Å². The minimum absolute atomic E-state index is 0.0427. The van der Waals surface area contributed by atoms with Gasteiger partial charge in [0.05, 0.1) is 6.61 Å². The Morgan fingerprint density at radius 1 is 0.838 bits per heavy atom. The maximum atomic E-state index is 14.2. The van der Waals surface area contributed by atoms with Crippen LogP contribution in [-0.2, 0) is 14.0 Å². The number of unbranched alkanes of at least 4 members (excludes halogenated alkanes) is 13. The first-order valence-electron chi connectivity index (χ1n) is 14.0. The van der Waals surface area contributed by atoms with Gasteiger partial charge in [-0.3, -0.25) is 4.57 Å². The van der Waals surface area contributed by atoms with E-state index in [9.17, 15) is 13.8 Å². The lowest BCUT2D eigenvalue weighted by atomic mass is 10.0. The van der Waals surface area contributed by atoms with Crippen LogP contribution in [0.5, 0.6) is 0 Å². The minimum atomic E-state index is -4.28. The Hall–Kier alpha value is -1.32. The third-order valence-electron chi connectivity index (χ3n) is 6.17. The molecular weight excluding hydrogens is 500 g/mol. The van der Waals surface area contributed by atoms with Crippen LogP contribution in [-0.4, -0.2) is 59.0 Å². The van der Waals surface area contributed by atoms with E-state index >= 15 is 0 Å². The van der Waals surface area contributed by atoms with E-state index in [1.165, 1.54) is 81.9 Å². The topological polar surface area (TPSA) is 125 Å². The summed E-state index contributed by atoms with van der Waals surface area (Å²) in [6.45, 7) is 3.88. The average Bonchev–Trinajstić information content (AvgIpc) is 2.85. The minimum Gasteiger partial charge on any atom is -0.381 e. The Kier molecular flexibility index (Phi) is 19.7. The molecule has 1 aromatic rings. The van der Waals surface area contributed by atoms with Crippen molar-refractivity contribution >= 4 is 13.4 Å². The molecule has 0 unspecified atom stereocenters. The van der Waals surface area contributed by atoms with E-state index in [1.807, 2.05) is 0 Å². The molecule has 0 saturated heterocycles. The molecule has 0 aliphatic heterocycles. The predicted molar refractivity (Wildman–Crippen MR) is 146 cm³/mol. The number of aromatic nitrogens is 2. The molecule has 216 valence electrons. The summed E-state index contributed by atoms with van der Waals surface area (Å²) >= 11 is 0. The highest BCUT2D eigenvalue weighted by molar-refractivity contribution is 7.51. The summed E-state index contributed by atoms with van der Waals surface area (Å²) in [5.41, 5.74) is -0.674. The van der Waals surface area contributed by atoms with Crippen LogP contribution in [0.25, 0.3) is 0 Å². The van der Waals surface area contributed by atoms with Gasteiger partial charge in [-0.15, -0.1) is 0 Å². The summed E-state index contributed by atoms with van der Waals surface area (Å²) in [4.78, 5) is 36.7. The van der Waals surface area contributed by atoms with Crippen molar-refractivity contribution in [3.63, 3.8) is 0 Å². The van der Waals surface area contributed by atoms with E-state index in [2.05, 4.69) is 16.9 Å². The van der Waals surface area contributed by atoms with Gasteiger partial charge in [0.2, 0.25) is 0 Å². The van der Waals surface area contributed by atoms with Gasteiger partial charge in [-0.2, -0.15) is 4.98 Å². The molecule has 0 aliphatic rings. The largest absolute Gasteiger partial charge is 0.381 e. The normalized spacial score (nSPS) is 11.8. The second kappa shape index (κ2) is 21.6. The van der Waals surface area contributed by atoms with Crippen LogP contribution in [0.1, 0.15) is 103 Å². The second-order valence-electron chi connectivity index (χ2n) is 9.63. The van der Waals surface area contributed by atoms with E-state index in [0.717, 1.165) is 19.0 Å². The van der Waals surface area contributed by atoms with Crippen LogP contribution < -0.4 is 10.6 Å². The van der Waals surface area contributed by atoms with Gasteiger partial charge in [0.1, 0.15) is 6.35 Å². The Morgan fingerprint density at radius 3 is 1.95 bits per heavy atom. The zero-order valence-corrected chi connectivity index (χ0v) is 23.6. The molecule has 11 heteroatoms. The fourth-order valence-corrected chi connectivity index (χ4v) is 4.50. The number of halogens is 1. The molecule has 0 aromatic carbocycles. The van der Waals surface area contributed by atoms with Gasteiger partial charge in [0.25, 0.3) is 0 Å². The Morgan fingerprint density at radius 2 is 1.38 bits per heavy atom. The molecule has 0 amide bonds. The number of hydrogen-bond donors (Lipinski definition) is 3. The fraction of sp³-hybridized carbons (Fsp3) is 0.846. The van der Waals surface area contributed by atoms with E-state index in [1.54, 1.807) is 0 Å². The molecule has 0 bridgehead atoms. The Bertz CT molecular complexity index is 792. The maximum Gasteiger partial charge on any atom is 0.350 e. The van der Waals surface area contributed by atoms with E-state index in [0.29, 0.717) is 26.2 Å². The van der Waals surface area contributed by atoms with Crippen LogP contribution in [0.4, 0.5) is 10.2 Å². The lowest BCUT2D eigenvalue weighted by molar-refractivity contribution is 0.127. The molecule has 1 aromatic heterocycles. The highest BCUT2D eigenvalue weighted by Crippen LogP contribution is 2.33. The van der Waals surface area contributed by atoms with Crippen molar-refractivity contribution in [2.45, 2.75) is 103 Å². The summed E-state index contributed by atoms with van der Waals surface area (Å²) in [5.74, 6) is -0.798. The number of rotatable bonds is 25. The second-order valence-corrected chi connectivity index (χ2v) is 11.2. The number of ether oxygens (including phenoxy) is 2. The molecule has 0 atom stereocenters. The fourth-order valence-electron chi connectivity index (χ4n) is 4.13. The standard InChI is InChI=1S/C26H49FN3O6P/c1-2-3-4-5-6-7-8-9-10-11-12-13-14-15-19-35-20-16-17-30(18-21-36-23-37(32,33)34)25-24(27)22-28-26(31)29-25/h22H,2-21,23H2,1H3,(H,28,29,31)(H2,32,33,34). The van der Waals surface area contributed by atoms with Gasteiger partial charge in [0.15, 0.2) is 11.6 Å². The van der Waals surface area contributed by atoms with Gasteiger partial charge in [-0.05, 0) is 12.8 Å². The molecule has 37 heavy (non-hydrogen) atoms. The predicted octanol–water partition coefficient (Wildman–Crippen LogP) is 5.76. The third kappa shape index (κ3) is 19.4. The molecule has 1 heterocycles. The molecule has 0 spiro atoms. The van der Waals surface area contributed by atoms with Crippen molar-refractivity contribution in [2.75, 3.05) is 44.2 Å². The van der Waals surface area contributed by atoms with Gasteiger partial charge in [-0.1, -0.05) is 90.4 Å². The van der Waals surface area contributed by atoms with Crippen LogP contribution in [0, 0.1) is 5.82 Å². The van der Waals surface area contributed by atoms with Gasteiger partial charge in [-0.25, -0.2) is 9.18 Å². The number of nitrogens with zero attached hydrogens (tertiary/aromatic N) is 2. The van der Waals surface area contributed by atoms with Crippen molar-refractivity contribution in [1.29, 1.82) is 0 Å². The monoisotopic (exact) mass is 549 g/mol. The van der Waals surface area contributed by atoms with Crippen LogP contribution in [0.2, 0.25) is 0 Å². The molecule has 3 N–H and O–H groups in total. The SMILES string of the molecule is CCCCCCCCCCCCCCCCOCCCN(CCOCP(=O)(O)O)c1nc(=O)[nH]cc1F. The van der Waals surface area contributed by atoms with Gasteiger partial charge in [0, 0.05) is 32.5 Å². The zero-order valence-electron chi connectivity index (χ0n) is 22.7. The lowest BCUT2D eigenvalue weighted by Gasteiger charge is -2.23. The zero-order chi connectivity index (χ0) is 27.2. The third-order valence-corrected chi connectivity index (χ3v) is 6.69. The molecule has 0 aliphatic carbocycles. The van der Waals surface area contributed by atoms with Crippen molar-refractivity contribution in [3.8, 4) is 0 Å². The van der Waals surface area contributed by atoms with Crippen molar-refractivity contribution < 1.29 is 28.2 Å². The summed E-state index contributed by atoms with van der Waals surface area (Å²) in [7, 11) is -4.28. The van der Waals surface area contributed by atoms with E-state index < -0.39 is 25.5 Å². The number of hydrogen-bond acceptors (Lipinski definition) is 6. The van der Waals surface area contributed by atoms with Gasteiger partial charge >= 0.3 is 13.3 Å². The molecule has 0 fully saturated rings. The molecule has 1 rings (SSSR count). The summed E-state index contributed by atoms with van der Waals surface area (Å²) in [6.07, 6.45) is 19.2. The van der Waals surface area contributed by atoms with Crippen LogP contribution in [0.3, 0.4) is 0 Å². The first kappa shape index (κ1) is 33.7. The summed E-state index contributed by atoms with van der Waals surface area (Å²) in [6, 6.07) is 0. The van der Waals surface area contributed by atoms with E-state index in [-0.39, 0.29) is 19.0 Å². The summed E-state index contributed by atoms with van der Waals surface area (Å²) < 4.78 is 35.8. The molecule has 0 radical (unpaired) electrons. The first-order chi connectivity index (χ1) is 17.8. The average molecular weight is 550 g/mol. The quantitative estimate of drug-likeness (QED) is 0.104. The van der Waals surface area contributed by atoms with Crippen LogP contribution in [0.15, 0.2) is 11.0 Å².